The molecule has 0 bridgehead atoms. The normalized spacial score (nSPS) is 11.5. The molecule has 1 heterocycles. The van der Waals surface area contributed by atoms with Gasteiger partial charge in [-0.2, -0.15) is 0 Å². The minimum Gasteiger partial charge on any atom is -0.378 e. The lowest BCUT2D eigenvalue weighted by Crippen LogP contribution is -2.13. The van der Waals surface area contributed by atoms with Gasteiger partial charge in [-0.1, -0.05) is 17.7 Å². The molecular formula is C18H19N3O2S. The molecule has 0 spiro atoms. The van der Waals surface area contributed by atoms with Crippen LogP contribution in [0.2, 0.25) is 0 Å². The van der Waals surface area contributed by atoms with Crippen LogP contribution in [0.5, 0.6) is 0 Å². The molecule has 0 saturated heterocycles. The van der Waals surface area contributed by atoms with E-state index in [-0.39, 0.29) is 4.90 Å². The van der Waals surface area contributed by atoms with Crippen molar-refractivity contribution in [2.45, 2.75) is 11.8 Å². The van der Waals surface area contributed by atoms with Crippen molar-refractivity contribution < 1.29 is 8.42 Å². The van der Waals surface area contributed by atoms with E-state index < -0.39 is 10.0 Å². The Hall–Kier alpha value is -2.60. The van der Waals surface area contributed by atoms with Crippen LogP contribution in [0.25, 0.3) is 11.4 Å². The third-order valence-corrected chi connectivity index (χ3v) is 5.51. The number of benzene rings is 2. The van der Waals surface area contributed by atoms with Crippen LogP contribution in [0.4, 0.5) is 5.69 Å². The highest BCUT2D eigenvalue weighted by atomic mass is 32.2. The van der Waals surface area contributed by atoms with Gasteiger partial charge >= 0.3 is 0 Å². The highest BCUT2D eigenvalue weighted by Crippen LogP contribution is 2.25. The molecule has 24 heavy (non-hydrogen) atoms. The lowest BCUT2D eigenvalue weighted by Gasteiger charge is -2.13. The Balaban J connectivity index is 2.05. The molecule has 0 radical (unpaired) electrons. The maximum Gasteiger partial charge on any atom is 0.269 e. The maximum atomic E-state index is 12.9. The van der Waals surface area contributed by atoms with E-state index in [1.807, 2.05) is 50.2 Å². The fourth-order valence-electron chi connectivity index (χ4n) is 2.42. The first kappa shape index (κ1) is 16.3. The average molecular weight is 341 g/mol. The molecule has 0 atom stereocenters. The Bertz CT molecular complexity index is 941. The zero-order chi connectivity index (χ0) is 17.3. The minimum absolute atomic E-state index is 0.247. The molecule has 6 heteroatoms. The number of anilines is 1. The number of imidazole rings is 1. The molecule has 0 saturated carbocycles. The Morgan fingerprint density at radius 3 is 2.17 bits per heavy atom. The first-order chi connectivity index (χ1) is 11.4. The molecule has 0 aliphatic rings. The van der Waals surface area contributed by atoms with Gasteiger partial charge in [0.1, 0.15) is 0 Å². The molecule has 0 unspecified atom stereocenters. The molecular weight excluding hydrogens is 322 g/mol. The topological polar surface area (TPSA) is 55.2 Å². The predicted molar refractivity (Wildman–Crippen MR) is 95.8 cm³/mol. The van der Waals surface area contributed by atoms with Gasteiger partial charge in [-0.25, -0.2) is 17.4 Å². The number of aryl methyl sites for hydroxylation is 1. The van der Waals surface area contributed by atoms with Crippen LogP contribution in [-0.4, -0.2) is 31.5 Å². The van der Waals surface area contributed by atoms with Gasteiger partial charge in [0.05, 0.1) is 4.90 Å². The summed E-state index contributed by atoms with van der Waals surface area (Å²) in [6, 6.07) is 14.4. The molecule has 3 aromatic rings. The predicted octanol–water partition coefficient (Wildman–Crippen LogP) is 3.16. The number of aromatic nitrogens is 2. The second-order valence-electron chi connectivity index (χ2n) is 5.81. The van der Waals surface area contributed by atoms with Crippen molar-refractivity contribution in [3.63, 3.8) is 0 Å². The summed E-state index contributed by atoms with van der Waals surface area (Å²) in [5, 5.41) is 0. The highest BCUT2D eigenvalue weighted by Gasteiger charge is 2.20. The summed E-state index contributed by atoms with van der Waals surface area (Å²) in [6.45, 7) is 1.92. The van der Waals surface area contributed by atoms with Crippen LogP contribution in [0.15, 0.2) is 65.8 Å². The molecule has 1 aromatic heterocycles. The highest BCUT2D eigenvalue weighted by molar-refractivity contribution is 7.90. The zero-order valence-corrected chi connectivity index (χ0v) is 14.7. The number of hydrogen-bond acceptors (Lipinski definition) is 4. The molecule has 0 aliphatic heterocycles. The van der Waals surface area contributed by atoms with Crippen molar-refractivity contribution in [1.29, 1.82) is 0 Å². The minimum atomic E-state index is -3.67. The van der Waals surface area contributed by atoms with Gasteiger partial charge in [0.25, 0.3) is 10.0 Å². The first-order valence-electron chi connectivity index (χ1n) is 7.53. The molecule has 124 valence electrons. The summed E-state index contributed by atoms with van der Waals surface area (Å²) in [5.74, 6) is 0.404. The van der Waals surface area contributed by atoms with Crippen LogP contribution < -0.4 is 4.90 Å². The molecule has 0 fully saturated rings. The van der Waals surface area contributed by atoms with Crippen LogP contribution in [0, 0.1) is 6.92 Å². The molecule has 5 nitrogen and oxygen atoms in total. The van der Waals surface area contributed by atoms with E-state index in [2.05, 4.69) is 4.98 Å². The molecule has 0 amide bonds. The van der Waals surface area contributed by atoms with Crippen molar-refractivity contribution in [1.82, 2.24) is 8.96 Å². The van der Waals surface area contributed by atoms with Gasteiger partial charge in [0, 0.05) is 37.7 Å². The Labute approximate surface area is 142 Å². The lowest BCUT2D eigenvalue weighted by atomic mass is 10.2. The van der Waals surface area contributed by atoms with Crippen LogP contribution in [-0.2, 0) is 10.0 Å². The van der Waals surface area contributed by atoms with E-state index in [1.165, 1.54) is 16.4 Å². The standard InChI is InChI=1S/C18H19N3O2S/c1-14-4-10-17(11-5-14)24(22,23)21-13-12-19-18(21)15-6-8-16(9-7-15)20(2)3/h4-13H,1-3H3. The van der Waals surface area contributed by atoms with E-state index >= 15 is 0 Å². The molecule has 0 aliphatic carbocycles. The van der Waals surface area contributed by atoms with E-state index in [4.69, 9.17) is 0 Å². The fraction of sp³-hybridized carbons (Fsp3) is 0.167. The van der Waals surface area contributed by atoms with Gasteiger partial charge in [0.15, 0.2) is 5.82 Å². The lowest BCUT2D eigenvalue weighted by molar-refractivity contribution is 0.588. The third-order valence-electron chi connectivity index (χ3n) is 3.83. The molecule has 0 N–H and O–H groups in total. The van der Waals surface area contributed by atoms with Crippen LogP contribution in [0.1, 0.15) is 5.56 Å². The van der Waals surface area contributed by atoms with Gasteiger partial charge in [-0.15, -0.1) is 0 Å². The van der Waals surface area contributed by atoms with E-state index in [0.717, 1.165) is 16.8 Å². The summed E-state index contributed by atoms with van der Waals surface area (Å²) in [7, 11) is 0.238. The molecule has 3 rings (SSSR count). The Morgan fingerprint density at radius 2 is 1.58 bits per heavy atom. The monoisotopic (exact) mass is 341 g/mol. The maximum absolute atomic E-state index is 12.9. The summed E-state index contributed by atoms with van der Waals surface area (Å²) in [5.41, 5.74) is 2.80. The number of hydrogen-bond donors (Lipinski definition) is 0. The average Bonchev–Trinajstić information content (AvgIpc) is 3.06. The van der Waals surface area contributed by atoms with Gasteiger partial charge < -0.3 is 4.90 Å². The smallest absolute Gasteiger partial charge is 0.269 e. The largest absolute Gasteiger partial charge is 0.378 e. The fourth-order valence-corrected chi connectivity index (χ4v) is 3.72. The van der Waals surface area contributed by atoms with E-state index in [9.17, 15) is 8.42 Å². The van der Waals surface area contributed by atoms with Crippen molar-refractivity contribution in [3.05, 3.63) is 66.5 Å². The van der Waals surface area contributed by atoms with Crippen LogP contribution >= 0.6 is 0 Å². The Kier molecular flexibility index (Phi) is 4.15. The number of rotatable bonds is 4. The Morgan fingerprint density at radius 1 is 0.958 bits per heavy atom. The summed E-state index contributed by atoms with van der Waals surface area (Å²) in [4.78, 5) is 6.47. The van der Waals surface area contributed by atoms with Crippen molar-refractivity contribution in [3.8, 4) is 11.4 Å². The summed E-state index contributed by atoms with van der Waals surface area (Å²) >= 11 is 0. The first-order valence-corrected chi connectivity index (χ1v) is 8.97. The zero-order valence-electron chi connectivity index (χ0n) is 13.8. The quantitative estimate of drug-likeness (QED) is 0.731. The second-order valence-corrected chi connectivity index (χ2v) is 7.62. The SMILES string of the molecule is Cc1ccc(S(=O)(=O)n2ccnc2-c2ccc(N(C)C)cc2)cc1. The van der Waals surface area contributed by atoms with Crippen molar-refractivity contribution >= 4 is 15.7 Å². The van der Waals surface area contributed by atoms with Gasteiger partial charge in [-0.05, 0) is 43.3 Å². The van der Waals surface area contributed by atoms with E-state index in [1.54, 1.807) is 24.3 Å². The van der Waals surface area contributed by atoms with Crippen molar-refractivity contribution in [2.75, 3.05) is 19.0 Å². The molecule has 2 aromatic carbocycles. The second kappa shape index (κ2) is 6.13. The van der Waals surface area contributed by atoms with E-state index in [0.29, 0.717) is 5.82 Å². The van der Waals surface area contributed by atoms with Crippen molar-refractivity contribution in [2.24, 2.45) is 0 Å². The van der Waals surface area contributed by atoms with Gasteiger partial charge in [0.2, 0.25) is 0 Å². The summed E-state index contributed by atoms with van der Waals surface area (Å²) in [6.07, 6.45) is 2.98. The van der Waals surface area contributed by atoms with Crippen LogP contribution in [0.3, 0.4) is 0 Å². The number of nitrogens with zero attached hydrogens (tertiary/aromatic N) is 3. The summed E-state index contributed by atoms with van der Waals surface area (Å²) < 4.78 is 27.0. The third kappa shape index (κ3) is 2.92. The van der Waals surface area contributed by atoms with Gasteiger partial charge in [-0.3, -0.25) is 0 Å².